The molecule has 2 amide bonds. The number of benzene rings is 2. The normalized spacial score (nSPS) is 13.0. The minimum Gasteiger partial charge on any atom is -0.454 e. The highest BCUT2D eigenvalue weighted by Gasteiger charge is 2.35. The summed E-state index contributed by atoms with van der Waals surface area (Å²) in [4.78, 5) is 50.5. The quantitative estimate of drug-likeness (QED) is 0.419. The maximum Gasteiger partial charge on any atom is 0.338 e. The number of ether oxygens (including phenoxy) is 1. The summed E-state index contributed by atoms with van der Waals surface area (Å²) >= 11 is 0. The first-order valence-electron chi connectivity index (χ1n) is 9.14. The van der Waals surface area contributed by atoms with E-state index in [0.717, 1.165) is 0 Å². The first kappa shape index (κ1) is 19.5. The Morgan fingerprint density at radius 3 is 2.29 bits per heavy atom. The monoisotopic (exact) mass is 379 g/mol. The average Bonchev–Trinajstić information content (AvgIpc) is 2.94. The highest BCUT2D eigenvalue weighted by Crippen LogP contribution is 2.25. The van der Waals surface area contributed by atoms with Gasteiger partial charge in [-0.1, -0.05) is 44.2 Å². The third-order valence-corrected chi connectivity index (χ3v) is 4.57. The number of nitrogens with zero attached hydrogens (tertiary/aromatic N) is 1. The van der Waals surface area contributed by atoms with Crippen molar-refractivity contribution in [1.29, 1.82) is 0 Å². The van der Waals surface area contributed by atoms with Gasteiger partial charge in [0.25, 0.3) is 11.8 Å². The molecule has 0 fully saturated rings. The molecule has 0 saturated carbocycles. The zero-order valence-electron chi connectivity index (χ0n) is 15.8. The third-order valence-electron chi connectivity index (χ3n) is 4.57. The molecule has 0 radical (unpaired) electrons. The third kappa shape index (κ3) is 4.01. The molecule has 0 aliphatic carbocycles. The van der Waals surface area contributed by atoms with Crippen LogP contribution in [-0.4, -0.2) is 41.6 Å². The van der Waals surface area contributed by atoms with E-state index in [1.165, 1.54) is 23.1 Å². The number of rotatable bonds is 7. The molecule has 3 rings (SSSR count). The van der Waals surface area contributed by atoms with Gasteiger partial charge < -0.3 is 4.74 Å². The van der Waals surface area contributed by atoms with Crippen LogP contribution in [0.5, 0.6) is 0 Å². The first-order valence-corrected chi connectivity index (χ1v) is 9.14. The van der Waals surface area contributed by atoms with Crippen LogP contribution in [0.4, 0.5) is 0 Å². The van der Waals surface area contributed by atoms with Crippen LogP contribution in [0.15, 0.2) is 48.5 Å². The van der Waals surface area contributed by atoms with Crippen LogP contribution in [0.25, 0.3) is 0 Å². The number of carbonyl (C=O) groups excluding carboxylic acids is 4. The second kappa shape index (κ2) is 8.17. The van der Waals surface area contributed by atoms with Gasteiger partial charge in [0.1, 0.15) is 0 Å². The summed E-state index contributed by atoms with van der Waals surface area (Å²) in [7, 11) is 0. The molecule has 28 heavy (non-hydrogen) atoms. The molecular formula is C22H21NO5. The summed E-state index contributed by atoms with van der Waals surface area (Å²) in [5.41, 5.74) is 1.06. The Morgan fingerprint density at radius 2 is 1.61 bits per heavy atom. The zero-order valence-corrected chi connectivity index (χ0v) is 15.8. The summed E-state index contributed by atoms with van der Waals surface area (Å²) in [5, 5.41) is 0. The summed E-state index contributed by atoms with van der Waals surface area (Å²) in [6.45, 7) is 3.98. The van der Waals surface area contributed by atoms with Gasteiger partial charge in [0.15, 0.2) is 12.4 Å². The van der Waals surface area contributed by atoms with Crippen LogP contribution in [-0.2, 0) is 4.74 Å². The summed E-state index contributed by atoms with van der Waals surface area (Å²) < 4.78 is 5.07. The van der Waals surface area contributed by atoms with Gasteiger partial charge in [-0.25, -0.2) is 4.79 Å². The molecule has 1 heterocycles. The predicted molar refractivity (Wildman–Crippen MR) is 102 cm³/mol. The molecule has 2 aromatic carbocycles. The molecular weight excluding hydrogens is 358 g/mol. The van der Waals surface area contributed by atoms with Crippen LogP contribution in [0.3, 0.4) is 0 Å². The van der Waals surface area contributed by atoms with Crippen LogP contribution in [0, 0.1) is 5.92 Å². The number of fused-ring (bicyclic) bond motifs is 1. The van der Waals surface area contributed by atoms with Crippen LogP contribution >= 0.6 is 0 Å². The Morgan fingerprint density at radius 1 is 0.929 bits per heavy atom. The van der Waals surface area contributed by atoms with Gasteiger partial charge in [0.2, 0.25) is 0 Å². The molecule has 1 aliphatic heterocycles. The largest absolute Gasteiger partial charge is 0.454 e. The average molecular weight is 379 g/mol. The summed E-state index contributed by atoms with van der Waals surface area (Å²) in [5.74, 6) is -1.43. The SMILES string of the molecule is CC(C)CCN1C(=O)c2ccc(C(=O)OCC(=O)c3ccccc3)cc2C1=O. The van der Waals surface area contributed by atoms with E-state index >= 15 is 0 Å². The number of hydrogen-bond donors (Lipinski definition) is 0. The van der Waals surface area contributed by atoms with E-state index in [4.69, 9.17) is 4.74 Å². The Kier molecular flexibility index (Phi) is 5.68. The van der Waals surface area contributed by atoms with E-state index in [1.54, 1.807) is 30.3 Å². The molecule has 0 aromatic heterocycles. The maximum absolute atomic E-state index is 12.5. The van der Waals surface area contributed by atoms with Crippen molar-refractivity contribution < 1.29 is 23.9 Å². The fourth-order valence-corrected chi connectivity index (χ4v) is 2.93. The van der Waals surface area contributed by atoms with E-state index in [9.17, 15) is 19.2 Å². The molecule has 1 aliphatic rings. The molecule has 144 valence electrons. The lowest BCUT2D eigenvalue weighted by atomic mass is 10.1. The van der Waals surface area contributed by atoms with Gasteiger partial charge in [-0.3, -0.25) is 19.3 Å². The van der Waals surface area contributed by atoms with Gasteiger partial charge in [0.05, 0.1) is 16.7 Å². The van der Waals surface area contributed by atoms with E-state index < -0.39 is 18.5 Å². The fraction of sp³-hybridized carbons (Fsp3) is 0.273. The van der Waals surface area contributed by atoms with Crippen molar-refractivity contribution in [3.05, 3.63) is 70.8 Å². The smallest absolute Gasteiger partial charge is 0.338 e. The van der Waals surface area contributed by atoms with Crippen molar-refractivity contribution in [2.45, 2.75) is 20.3 Å². The second-order valence-electron chi connectivity index (χ2n) is 7.07. The van der Waals surface area contributed by atoms with Crippen LogP contribution in [0.1, 0.15) is 61.7 Å². The van der Waals surface area contributed by atoms with E-state index in [0.29, 0.717) is 24.4 Å². The molecule has 0 unspecified atom stereocenters. The van der Waals surface area contributed by atoms with Gasteiger partial charge in [0, 0.05) is 12.1 Å². The maximum atomic E-state index is 12.5. The molecule has 0 bridgehead atoms. The lowest BCUT2D eigenvalue weighted by Gasteiger charge is -2.14. The Labute approximate surface area is 163 Å². The topological polar surface area (TPSA) is 80.8 Å². The first-order chi connectivity index (χ1) is 13.4. The number of esters is 1. The lowest BCUT2D eigenvalue weighted by molar-refractivity contribution is 0.0474. The molecule has 0 spiro atoms. The predicted octanol–water partition coefficient (Wildman–Crippen LogP) is 3.37. The highest BCUT2D eigenvalue weighted by molar-refractivity contribution is 6.22. The van der Waals surface area contributed by atoms with Crippen molar-refractivity contribution in [3.8, 4) is 0 Å². The van der Waals surface area contributed by atoms with Gasteiger partial charge in [-0.2, -0.15) is 0 Å². The Hall–Kier alpha value is -3.28. The van der Waals surface area contributed by atoms with Crippen molar-refractivity contribution in [3.63, 3.8) is 0 Å². The Bertz CT molecular complexity index is 933. The fourth-order valence-electron chi connectivity index (χ4n) is 2.93. The number of ketones is 1. The van der Waals surface area contributed by atoms with Gasteiger partial charge in [-0.05, 0) is 30.5 Å². The molecule has 0 atom stereocenters. The lowest BCUT2D eigenvalue weighted by Crippen LogP contribution is -2.31. The minimum atomic E-state index is -0.715. The van der Waals surface area contributed by atoms with Crippen LogP contribution in [0.2, 0.25) is 0 Å². The molecule has 2 aromatic rings. The second-order valence-corrected chi connectivity index (χ2v) is 7.07. The van der Waals surface area contributed by atoms with E-state index in [-0.39, 0.29) is 28.4 Å². The number of Topliss-reactive ketones (excluding diaryl/α,β-unsaturated/α-hetero) is 1. The van der Waals surface area contributed by atoms with Crippen molar-refractivity contribution in [2.24, 2.45) is 5.92 Å². The minimum absolute atomic E-state index is 0.131. The number of amides is 2. The van der Waals surface area contributed by atoms with Crippen molar-refractivity contribution in [2.75, 3.05) is 13.2 Å². The highest BCUT2D eigenvalue weighted by atomic mass is 16.5. The molecule has 0 saturated heterocycles. The number of carbonyl (C=O) groups is 4. The van der Waals surface area contributed by atoms with Crippen LogP contribution < -0.4 is 0 Å². The van der Waals surface area contributed by atoms with Crippen molar-refractivity contribution in [1.82, 2.24) is 4.90 Å². The van der Waals surface area contributed by atoms with Gasteiger partial charge in [-0.15, -0.1) is 0 Å². The molecule has 6 nitrogen and oxygen atoms in total. The zero-order chi connectivity index (χ0) is 20.3. The molecule has 0 N–H and O–H groups in total. The van der Waals surface area contributed by atoms with E-state index in [1.807, 2.05) is 13.8 Å². The summed E-state index contributed by atoms with van der Waals surface area (Å²) in [6, 6.07) is 12.8. The number of imide groups is 1. The number of hydrogen-bond acceptors (Lipinski definition) is 5. The summed E-state index contributed by atoms with van der Waals surface area (Å²) in [6.07, 6.45) is 0.710. The van der Waals surface area contributed by atoms with Gasteiger partial charge >= 0.3 is 5.97 Å². The van der Waals surface area contributed by atoms with Crippen molar-refractivity contribution >= 4 is 23.6 Å². The van der Waals surface area contributed by atoms with E-state index in [2.05, 4.69) is 0 Å². The standard InChI is InChI=1S/C22H21NO5/c1-14(2)10-11-23-20(25)17-9-8-16(12-18(17)21(23)26)22(27)28-13-19(24)15-6-4-3-5-7-15/h3-9,12,14H,10-11,13H2,1-2H3. The Balaban J connectivity index is 1.69. The molecule has 6 heteroatoms.